The molecular weight excluding hydrogens is 182 g/mol. The van der Waals surface area contributed by atoms with Gasteiger partial charge in [-0.1, -0.05) is 0 Å². The highest BCUT2D eigenvalue weighted by molar-refractivity contribution is 4.83. The van der Waals surface area contributed by atoms with Crippen LogP contribution in [0.3, 0.4) is 0 Å². The predicted molar refractivity (Wildman–Crippen MR) is 54.0 cm³/mol. The van der Waals surface area contributed by atoms with E-state index in [1.54, 1.807) is 7.11 Å². The first-order valence-corrected chi connectivity index (χ1v) is 4.98. The molecule has 4 heteroatoms. The number of ether oxygens (including phenoxy) is 3. The lowest BCUT2D eigenvalue weighted by molar-refractivity contribution is -0.188. The van der Waals surface area contributed by atoms with E-state index < -0.39 is 5.79 Å². The number of methoxy groups -OCH3 is 1. The van der Waals surface area contributed by atoms with E-state index in [4.69, 9.17) is 19.9 Å². The van der Waals surface area contributed by atoms with Gasteiger partial charge in [0.2, 0.25) is 0 Å². The van der Waals surface area contributed by atoms with Crippen molar-refractivity contribution in [2.45, 2.75) is 44.7 Å². The highest BCUT2D eigenvalue weighted by Gasteiger charge is 2.41. The van der Waals surface area contributed by atoms with Crippen LogP contribution in [0, 0.1) is 0 Å². The van der Waals surface area contributed by atoms with Gasteiger partial charge in [-0.3, -0.25) is 0 Å². The van der Waals surface area contributed by atoms with Crippen LogP contribution in [0.15, 0.2) is 0 Å². The molecule has 0 aromatic rings. The van der Waals surface area contributed by atoms with E-state index in [1.165, 1.54) is 0 Å². The molecule has 2 atom stereocenters. The van der Waals surface area contributed by atoms with Crippen LogP contribution in [0.1, 0.15) is 27.2 Å². The Hall–Kier alpha value is -0.160. The lowest BCUT2D eigenvalue weighted by Crippen LogP contribution is -2.38. The van der Waals surface area contributed by atoms with Crippen LogP contribution in [-0.2, 0) is 14.2 Å². The van der Waals surface area contributed by atoms with Crippen LogP contribution in [0.5, 0.6) is 0 Å². The molecule has 0 aromatic heterocycles. The summed E-state index contributed by atoms with van der Waals surface area (Å²) in [6.07, 6.45) is 0.722. The molecule has 0 spiro atoms. The predicted octanol–water partition coefficient (Wildman–Crippen LogP) is 0.892. The van der Waals surface area contributed by atoms with Gasteiger partial charge in [-0.25, -0.2) is 0 Å². The highest BCUT2D eigenvalue weighted by atomic mass is 16.7. The molecule has 0 aromatic carbocycles. The van der Waals surface area contributed by atoms with Crippen molar-refractivity contribution in [1.82, 2.24) is 0 Å². The summed E-state index contributed by atoms with van der Waals surface area (Å²) < 4.78 is 16.7. The van der Waals surface area contributed by atoms with E-state index in [-0.39, 0.29) is 11.7 Å². The number of nitrogens with two attached hydrogens (primary N) is 1. The Morgan fingerprint density at radius 1 is 1.57 bits per heavy atom. The van der Waals surface area contributed by atoms with Gasteiger partial charge in [0.25, 0.3) is 0 Å². The van der Waals surface area contributed by atoms with E-state index >= 15 is 0 Å². The molecule has 14 heavy (non-hydrogen) atoms. The number of hydrogen-bond donors (Lipinski definition) is 1. The average molecular weight is 203 g/mol. The van der Waals surface area contributed by atoms with Crippen molar-refractivity contribution in [3.8, 4) is 0 Å². The van der Waals surface area contributed by atoms with E-state index in [9.17, 15) is 0 Å². The minimum absolute atomic E-state index is 0.0210. The van der Waals surface area contributed by atoms with Crippen LogP contribution in [0.25, 0.3) is 0 Å². The van der Waals surface area contributed by atoms with E-state index in [2.05, 4.69) is 0 Å². The molecule has 1 aliphatic rings. The first-order valence-electron chi connectivity index (χ1n) is 4.98. The largest absolute Gasteiger partial charge is 0.379 e. The van der Waals surface area contributed by atoms with Gasteiger partial charge in [-0.2, -0.15) is 0 Å². The minimum Gasteiger partial charge on any atom is -0.379 e. The SMILES string of the molecule is COC(C)(C)CC1(C)OCC(CN)O1. The molecule has 2 N–H and O–H groups in total. The first-order chi connectivity index (χ1) is 6.41. The fraction of sp³-hybridized carbons (Fsp3) is 1.00. The molecule has 0 bridgehead atoms. The zero-order chi connectivity index (χ0) is 10.8. The van der Waals surface area contributed by atoms with Crippen molar-refractivity contribution in [2.75, 3.05) is 20.3 Å². The Labute approximate surface area is 85.7 Å². The maximum Gasteiger partial charge on any atom is 0.168 e. The molecule has 84 valence electrons. The third-order valence-electron chi connectivity index (χ3n) is 2.55. The average Bonchev–Trinajstić information content (AvgIpc) is 2.46. The smallest absolute Gasteiger partial charge is 0.168 e. The topological polar surface area (TPSA) is 53.7 Å². The van der Waals surface area contributed by atoms with E-state index in [1.807, 2.05) is 20.8 Å². The van der Waals surface area contributed by atoms with Gasteiger partial charge in [0.1, 0.15) is 0 Å². The second-order valence-corrected chi connectivity index (χ2v) is 4.56. The zero-order valence-electron chi connectivity index (χ0n) is 9.50. The summed E-state index contributed by atoms with van der Waals surface area (Å²) in [6, 6.07) is 0. The molecule has 2 unspecified atom stereocenters. The second kappa shape index (κ2) is 4.14. The van der Waals surface area contributed by atoms with Crippen molar-refractivity contribution in [1.29, 1.82) is 0 Å². The Bertz CT molecular complexity index is 196. The van der Waals surface area contributed by atoms with E-state index in [0.29, 0.717) is 19.6 Å². The lowest BCUT2D eigenvalue weighted by atomic mass is 9.99. The van der Waals surface area contributed by atoms with Crippen molar-refractivity contribution >= 4 is 0 Å². The zero-order valence-corrected chi connectivity index (χ0v) is 9.50. The standard InChI is InChI=1S/C10H21NO3/c1-9(2,12-4)7-10(3)13-6-8(5-11)14-10/h8H,5-7,11H2,1-4H3. The summed E-state index contributed by atoms with van der Waals surface area (Å²) >= 11 is 0. The lowest BCUT2D eigenvalue weighted by Gasteiger charge is -2.32. The Morgan fingerprint density at radius 2 is 2.21 bits per heavy atom. The maximum atomic E-state index is 5.71. The molecule has 4 nitrogen and oxygen atoms in total. The normalized spacial score (nSPS) is 33.6. The molecule has 0 radical (unpaired) electrons. The van der Waals surface area contributed by atoms with Gasteiger partial charge in [0.05, 0.1) is 18.3 Å². The molecule has 1 aliphatic heterocycles. The first kappa shape index (κ1) is 11.9. The number of rotatable bonds is 4. The fourth-order valence-corrected chi connectivity index (χ4v) is 1.74. The molecule has 1 saturated heterocycles. The summed E-state index contributed by atoms with van der Waals surface area (Å²) in [7, 11) is 1.69. The van der Waals surface area contributed by atoms with Crippen LogP contribution >= 0.6 is 0 Å². The van der Waals surface area contributed by atoms with Crippen LogP contribution in [0.2, 0.25) is 0 Å². The van der Waals surface area contributed by atoms with Crippen LogP contribution < -0.4 is 5.73 Å². The molecular formula is C10H21NO3. The minimum atomic E-state index is -0.552. The molecule has 0 aliphatic carbocycles. The maximum absolute atomic E-state index is 5.71. The molecule has 1 rings (SSSR count). The second-order valence-electron chi connectivity index (χ2n) is 4.56. The molecule has 0 amide bonds. The molecule has 1 heterocycles. The van der Waals surface area contributed by atoms with Gasteiger partial charge in [0, 0.05) is 20.1 Å². The molecule has 1 fully saturated rings. The van der Waals surface area contributed by atoms with Crippen molar-refractivity contribution in [3.63, 3.8) is 0 Å². The molecule has 0 saturated carbocycles. The van der Waals surface area contributed by atoms with Crippen LogP contribution in [-0.4, -0.2) is 37.8 Å². The van der Waals surface area contributed by atoms with Gasteiger partial charge < -0.3 is 19.9 Å². The van der Waals surface area contributed by atoms with Crippen molar-refractivity contribution in [3.05, 3.63) is 0 Å². The summed E-state index contributed by atoms with van der Waals surface area (Å²) in [6.45, 7) is 7.04. The van der Waals surface area contributed by atoms with Gasteiger partial charge in [-0.05, 0) is 20.8 Å². The Balaban J connectivity index is 2.52. The quantitative estimate of drug-likeness (QED) is 0.737. The third-order valence-corrected chi connectivity index (χ3v) is 2.55. The van der Waals surface area contributed by atoms with Gasteiger partial charge in [-0.15, -0.1) is 0 Å². The van der Waals surface area contributed by atoms with Gasteiger partial charge >= 0.3 is 0 Å². The Morgan fingerprint density at radius 3 is 2.64 bits per heavy atom. The highest BCUT2D eigenvalue weighted by Crippen LogP contribution is 2.32. The Kier molecular flexibility index (Phi) is 3.53. The summed E-state index contributed by atoms with van der Waals surface area (Å²) in [5.74, 6) is -0.552. The fourth-order valence-electron chi connectivity index (χ4n) is 1.74. The van der Waals surface area contributed by atoms with Crippen LogP contribution in [0.4, 0.5) is 0 Å². The third kappa shape index (κ3) is 2.92. The monoisotopic (exact) mass is 203 g/mol. The summed E-state index contributed by atoms with van der Waals surface area (Å²) in [5, 5.41) is 0. The van der Waals surface area contributed by atoms with Crippen molar-refractivity contribution < 1.29 is 14.2 Å². The number of hydrogen-bond acceptors (Lipinski definition) is 4. The summed E-state index contributed by atoms with van der Waals surface area (Å²) in [4.78, 5) is 0. The van der Waals surface area contributed by atoms with Crippen molar-refractivity contribution in [2.24, 2.45) is 5.73 Å². The van der Waals surface area contributed by atoms with Gasteiger partial charge in [0.15, 0.2) is 5.79 Å². The van der Waals surface area contributed by atoms with E-state index in [0.717, 1.165) is 0 Å². The summed E-state index contributed by atoms with van der Waals surface area (Å²) in [5.41, 5.74) is 5.28.